The topological polar surface area (TPSA) is 63.0 Å². The van der Waals surface area contributed by atoms with Crippen LogP contribution in [0.15, 0.2) is 24.3 Å². The number of carbonyl (C=O) groups is 1. The van der Waals surface area contributed by atoms with E-state index in [9.17, 15) is 10.1 Å². The zero-order valence-electron chi connectivity index (χ0n) is 11.3. The second-order valence-electron chi connectivity index (χ2n) is 4.24. The fourth-order valence-electron chi connectivity index (χ4n) is 1.78. The molecule has 0 bridgehead atoms. The fraction of sp³-hybridized carbons (Fsp3) is 0.267. The van der Waals surface area contributed by atoms with Gasteiger partial charge in [0.05, 0.1) is 0 Å². The van der Waals surface area contributed by atoms with Gasteiger partial charge >= 0.3 is 123 Å². The summed E-state index contributed by atoms with van der Waals surface area (Å²) in [4.78, 5) is 16.0. The van der Waals surface area contributed by atoms with E-state index < -0.39 is 0 Å². The molecule has 0 unspecified atom stereocenters. The summed E-state index contributed by atoms with van der Waals surface area (Å²) >= 11 is -0.185. The van der Waals surface area contributed by atoms with Crippen LogP contribution in [0.4, 0.5) is 0 Å². The molecule has 0 fully saturated rings. The van der Waals surface area contributed by atoms with E-state index in [-0.39, 0.29) is 20.9 Å². The van der Waals surface area contributed by atoms with Gasteiger partial charge < -0.3 is 0 Å². The summed E-state index contributed by atoms with van der Waals surface area (Å²) in [5, 5.41) is 10.5. The molecule has 0 N–H and O–H groups in total. The van der Waals surface area contributed by atoms with Gasteiger partial charge in [0.25, 0.3) is 0 Å². The Hall–Kier alpha value is -1.89. The fourth-order valence-corrected chi connectivity index (χ4v) is 3.38. The number of fused-ring (bicyclic) bond motifs is 1. The molecular formula is C15H14N2O2Se. The average Bonchev–Trinajstić information content (AvgIpc) is 2.44. The quantitative estimate of drug-likeness (QED) is 0.631. The van der Waals surface area contributed by atoms with E-state index >= 15 is 0 Å². The molecule has 1 aromatic carbocycles. The van der Waals surface area contributed by atoms with E-state index in [0.717, 1.165) is 16.5 Å². The first-order chi connectivity index (χ1) is 9.63. The first-order valence-corrected chi connectivity index (χ1v) is 8.30. The van der Waals surface area contributed by atoms with Gasteiger partial charge in [0, 0.05) is 0 Å². The van der Waals surface area contributed by atoms with Gasteiger partial charge in [-0.1, -0.05) is 0 Å². The van der Waals surface area contributed by atoms with Gasteiger partial charge in [0.15, 0.2) is 0 Å². The maximum absolute atomic E-state index is 11.4. The second-order valence-corrected chi connectivity index (χ2v) is 6.27. The number of hydrogen-bond acceptors (Lipinski definition) is 4. The van der Waals surface area contributed by atoms with Crippen LogP contribution in [-0.4, -0.2) is 32.5 Å². The first kappa shape index (κ1) is 14.5. The van der Waals surface area contributed by atoms with E-state index in [0.29, 0.717) is 22.1 Å². The van der Waals surface area contributed by atoms with E-state index in [2.05, 4.69) is 11.1 Å². The summed E-state index contributed by atoms with van der Waals surface area (Å²) in [7, 11) is 0. The SMILES string of the molecule is CCOC(=O)C[Se]c1nc2cc(C)ccc2cc1C#N. The van der Waals surface area contributed by atoms with Crippen LogP contribution in [0.5, 0.6) is 0 Å². The normalized spacial score (nSPS) is 10.2. The van der Waals surface area contributed by atoms with Crippen molar-refractivity contribution in [2.45, 2.75) is 19.2 Å². The number of rotatable bonds is 4. The van der Waals surface area contributed by atoms with Crippen molar-refractivity contribution in [1.29, 1.82) is 5.26 Å². The summed E-state index contributed by atoms with van der Waals surface area (Å²) in [6.45, 7) is 4.16. The molecule has 0 radical (unpaired) electrons. The molecule has 0 saturated heterocycles. The molecule has 1 aromatic heterocycles. The Morgan fingerprint density at radius 3 is 2.95 bits per heavy atom. The van der Waals surface area contributed by atoms with Crippen molar-refractivity contribution < 1.29 is 9.53 Å². The molecular weight excluding hydrogens is 319 g/mol. The number of nitriles is 1. The van der Waals surface area contributed by atoms with Crippen molar-refractivity contribution in [3.05, 3.63) is 35.4 Å². The molecule has 5 heteroatoms. The summed E-state index contributed by atoms with van der Waals surface area (Å²) in [6.07, 6.45) is 0. The van der Waals surface area contributed by atoms with Crippen molar-refractivity contribution >= 4 is 36.4 Å². The van der Waals surface area contributed by atoms with Crippen molar-refractivity contribution in [1.82, 2.24) is 4.98 Å². The summed E-state index contributed by atoms with van der Waals surface area (Å²) < 4.78 is 5.62. The third-order valence-electron chi connectivity index (χ3n) is 2.69. The Balaban J connectivity index is 2.31. The van der Waals surface area contributed by atoms with Gasteiger partial charge in [-0.05, 0) is 0 Å². The number of benzene rings is 1. The molecule has 0 atom stereocenters. The Bertz CT molecular complexity index is 692. The van der Waals surface area contributed by atoms with E-state index in [1.807, 2.05) is 31.2 Å². The number of aryl methyl sites for hydroxylation is 1. The maximum atomic E-state index is 11.4. The Morgan fingerprint density at radius 2 is 2.25 bits per heavy atom. The van der Waals surface area contributed by atoms with Crippen molar-refractivity contribution in [3.63, 3.8) is 0 Å². The van der Waals surface area contributed by atoms with Crippen LogP contribution in [0.3, 0.4) is 0 Å². The van der Waals surface area contributed by atoms with Crippen molar-refractivity contribution in [3.8, 4) is 6.07 Å². The molecule has 0 aliphatic rings. The van der Waals surface area contributed by atoms with Crippen LogP contribution in [0.25, 0.3) is 10.9 Å². The molecule has 0 aliphatic carbocycles. The number of hydrogen-bond donors (Lipinski definition) is 0. The minimum absolute atomic E-state index is 0.185. The standard InChI is InChI=1S/C15H14N2O2Se/c1-3-19-14(18)9-20-15-12(8-16)7-11-5-4-10(2)6-13(11)17-15/h4-7H,3,9H2,1-2H3. The Labute approximate surface area is 123 Å². The van der Waals surface area contributed by atoms with Gasteiger partial charge in [-0.3, -0.25) is 0 Å². The molecule has 0 aliphatic heterocycles. The molecule has 2 rings (SSSR count). The van der Waals surface area contributed by atoms with Gasteiger partial charge in [0.2, 0.25) is 0 Å². The third kappa shape index (κ3) is 3.35. The predicted octanol–water partition coefficient (Wildman–Crippen LogP) is 1.73. The number of carbonyl (C=O) groups excluding carboxylic acids is 1. The number of pyridine rings is 1. The molecule has 102 valence electrons. The summed E-state index contributed by atoms with van der Waals surface area (Å²) in [5.74, 6) is -0.234. The molecule has 0 saturated carbocycles. The Kier molecular flexibility index (Phi) is 4.73. The second kappa shape index (κ2) is 6.51. The molecule has 2 aromatic rings. The van der Waals surface area contributed by atoms with Gasteiger partial charge in [0.1, 0.15) is 0 Å². The number of aromatic nitrogens is 1. The van der Waals surface area contributed by atoms with Crippen LogP contribution in [-0.2, 0) is 9.53 Å². The average molecular weight is 333 g/mol. The molecule has 4 nitrogen and oxygen atoms in total. The van der Waals surface area contributed by atoms with Crippen molar-refractivity contribution in [2.75, 3.05) is 6.61 Å². The van der Waals surface area contributed by atoms with Gasteiger partial charge in [-0.15, -0.1) is 0 Å². The van der Waals surface area contributed by atoms with E-state index in [4.69, 9.17) is 4.74 Å². The van der Waals surface area contributed by atoms with E-state index in [1.54, 1.807) is 6.92 Å². The Morgan fingerprint density at radius 1 is 1.45 bits per heavy atom. The van der Waals surface area contributed by atoms with Crippen LogP contribution < -0.4 is 4.59 Å². The molecule has 0 spiro atoms. The van der Waals surface area contributed by atoms with Crippen LogP contribution in [0.2, 0.25) is 5.32 Å². The van der Waals surface area contributed by atoms with Gasteiger partial charge in [-0.25, -0.2) is 0 Å². The number of esters is 1. The monoisotopic (exact) mass is 334 g/mol. The molecule has 20 heavy (non-hydrogen) atoms. The summed E-state index contributed by atoms with van der Waals surface area (Å²) in [5.41, 5.74) is 2.54. The van der Waals surface area contributed by atoms with Crippen LogP contribution in [0, 0.1) is 18.3 Å². The van der Waals surface area contributed by atoms with Crippen LogP contribution >= 0.6 is 0 Å². The minimum atomic E-state index is -0.234. The zero-order chi connectivity index (χ0) is 14.5. The molecule has 1 heterocycles. The third-order valence-corrected chi connectivity index (χ3v) is 4.71. The summed E-state index contributed by atoms with van der Waals surface area (Å²) in [6, 6.07) is 9.94. The van der Waals surface area contributed by atoms with Crippen molar-refractivity contribution in [2.24, 2.45) is 0 Å². The number of ether oxygens (including phenoxy) is 1. The van der Waals surface area contributed by atoms with Crippen LogP contribution in [0.1, 0.15) is 18.1 Å². The first-order valence-electron chi connectivity index (χ1n) is 6.24. The number of nitrogens with zero attached hydrogens (tertiary/aromatic N) is 2. The zero-order valence-corrected chi connectivity index (χ0v) is 13.1. The van der Waals surface area contributed by atoms with Gasteiger partial charge in [-0.2, -0.15) is 0 Å². The molecule has 0 amide bonds. The predicted molar refractivity (Wildman–Crippen MR) is 78.0 cm³/mol. The van der Waals surface area contributed by atoms with E-state index in [1.165, 1.54) is 0 Å².